The molecule has 1 aromatic rings. The molecular weight excluding hydrogens is 376 g/mol. The highest BCUT2D eigenvalue weighted by Crippen LogP contribution is 2.26. The second kappa shape index (κ2) is 5.73. The molecule has 0 radical (unpaired) electrons. The first kappa shape index (κ1) is 15.0. The van der Waals surface area contributed by atoms with Gasteiger partial charge >= 0.3 is 0 Å². The monoisotopic (exact) mass is 387 g/mol. The Balaban J connectivity index is 2.90. The molecule has 0 fully saturated rings. The van der Waals surface area contributed by atoms with Gasteiger partial charge < -0.3 is 0 Å². The van der Waals surface area contributed by atoms with Crippen LogP contribution in [-0.4, -0.2) is 11.5 Å². The van der Waals surface area contributed by atoms with E-state index >= 15 is 0 Å². The summed E-state index contributed by atoms with van der Waals surface area (Å²) in [6.07, 6.45) is 0. The lowest BCUT2D eigenvalue weighted by atomic mass is 10.2. The maximum absolute atomic E-state index is 11.9. The number of benzene rings is 1. The predicted octanol–water partition coefficient (Wildman–Crippen LogP) is 4.06. The molecule has 0 bridgehead atoms. The zero-order chi connectivity index (χ0) is 13.2. The van der Waals surface area contributed by atoms with E-state index < -0.39 is 5.60 Å². The lowest BCUT2D eigenvalue weighted by molar-refractivity contribution is -0.0590. The lowest BCUT2D eigenvalue weighted by Gasteiger charge is -2.19. The molecule has 0 aliphatic carbocycles. The van der Waals surface area contributed by atoms with Crippen molar-refractivity contribution in [1.29, 1.82) is 0 Å². The smallest absolute Gasteiger partial charge is 0.268 e. The largest absolute Gasteiger partial charge is 0.276 e. The van der Waals surface area contributed by atoms with E-state index in [0.29, 0.717) is 19.2 Å². The van der Waals surface area contributed by atoms with Crippen molar-refractivity contribution >= 4 is 51.7 Å². The van der Waals surface area contributed by atoms with E-state index in [1.165, 1.54) is 0 Å². The lowest BCUT2D eigenvalue weighted by Crippen LogP contribution is -2.33. The van der Waals surface area contributed by atoms with Crippen molar-refractivity contribution in [3.8, 4) is 0 Å². The van der Waals surface area contributed by atoms with Crippen LogP contribution in [0.1, 0.15) is 31.1 Å². The van der Waals surface area contributed by atoms with Gasteiger partial charge in [-0.25, -0.2) is 5.48 Å². The van der Waals surface area contributed by atoms with E-state index in [9.17, 15) is 4.79 Å². The summed E-state index contributed by atoms with van der Waals surface area (Å²) in [5, 5.41) is 0.857. The predicted molar refractivity (Wildman–Crippen MR) is 77.5 cm³/mol. The van der Waals surface area contributed by atoms with Gasteiger partial charge in [0.15, 0.2) is 0 Å². The van der Waals surface area contributed by atoms with E-state index in [1.807, 2.05) is 43.4 Å². The van der Waals surface area contributed by atoms with Crippen LogP contribution in [-0.2, 0) is 4.84 Å². The van der Waals surface area contributed by atoms with Crippen LogP contribution in [0.2, 0.25) is 10.0 Å². The van der Waals surface area contributed by atoms with E-state index in [-0.39, 0.29) is 5.91 Å². The number of carbonyl (C=O) groups is 1. The minimum atomic E-state index is -0.455. The van der Waals surface area contributed by atoms with Gasteiger partial charge in [-0.3, -0.25) is 9.63 Å². The Kier molecular flexibility index (Phi) is 5.07. The molecule has 0 spiro atoms. The first-order valence-electron chi connectivity index (χ1n) is 4.83. The van der Waals surface area contributed by atoms with Gasteiger partial charge in [0.1, 0.15) is 0 Å². The van der Waals surface area contributed by atoms with Crippen molar-refractivity contribution < 1.29 is 9.63 Å². The van der Waals surface area contributed by atoms with Crippen molar-refractivity contribution in [3.63, 3.8) is 0 Å². The topological polar surface area (TPSA) is 38.3 Å². The molecule has 0 atom stereocenters. The van der Waals surface area contributed by atoms with Gasteiger partial charge in [0.25, 0.3) is 5.91 Å². The van der Waals surface area contributed by atoms with Crippen LogP contribution in [0, 0.1) is 3.57 Å². The van der Waals surface area contributed by atoms with Gasteiger partial charge in [-0.1, -0.05) is 23.2 Å². The second-order valence-electron chi connectivity index (χ2n) is 4.39. The first-order valence-corrected chi connectivity index (χ1v) is 6.67. The van der Waals surface area contributed by atoms with E-state index in [0.717, 1.165) is 0 Å². The number of nitrogens with one attached hydrogen (secondary N) is 1. The Morgan fingerprint density at radius 2 is 1.94 bits per heavy atom. The van der Waals surface area contributed by atoms with Gasteiger partial charge in [0.2, 0.25) is 0 Å². The number of hydroxylamine groups is 1. The van der Waals surface area contributed by atoms with E-state index in [1.54, 1.807) is 12.1 Å². The van der Waals surface area contributed by atoms with E-state index in [4.69, 9.17) is 28.0 Å². The fourth-order valence-corrected chi connectivity index (χ4v) is 2.03. The van der Waals surface area contributed by atoms with Crippen LogP contribution in [0.3, 0.4) is 0 Å². The summed E-state index contributed by atoms with van der Waals surface area (Å²) in [5.41, 5.74) is 2.31. The van der Waals surface area contributed by atoms with Crippen LogP contribution in [0.4, 0.5) is 0 Å². The molecule has 1 aromatic carbocycles. The summed E-state index contributed by atoms with van der Waals surface area (Å²) < 4.78 is 0.642. The summed E-state index contributed by atoms with van der Waals surface area (Å²) in [7, 11) is 0. The molecule has 94 valence electrons. The van der Waals surface area contributed by atoms with Crippen molar-refractivity contribution in [2.45, 2.75) is 26.4 Å². The van der Waals surface area contributed by atoms with Crippen LogP contribution in [0.15, 0.2) is 12.1 Å². The average Bonchev–Trinajstić information content (AvgIpc) is 2.19. The zero-order valence-electron chi connectivity index (χ0n) is 9.61. The molecule has 1 amide bonds. The van der Waals surface area contributed by atoms with Gasteiger partial charge in [0, 0.05) is 8.59 Å². The van der Waals surface area contributed by atoms with Crippen molar-refractivity contribution in [3.05, 3.63) is 31.3 Å². The fraction of sp³-hybridized carbons (Fsp3) is 0.364. The maximum atomic E-state index is 11.9. The average molecular weight is 388 g/mol. The molecule has 0 aromatic heterocycles. The van der Waals surface area contributed by atoms with Crippen LogP contribution in [0.5, 0.6) is 0 Å². The van der Waals surface area contributed by atoms with Crippen molar-refractivity contribution in [2.24, 2.45) is 0 Å². The Morgan fingerprint density at radius 1 is 1.35 bits per heavy atom. The standard InChI is InChI=1S/C11H12Cl2INO2/c1-11(2,3)17-15-10(16)7-4-6(12)5-8(13)9(7)14/h4-5H,1-3H3,(H,15,16). The third-order valence-electron chi connectivity index (χ3n) is 1.69. The van der Waals surface area contributed by atoms with Crippen LogP contribution >= 0.6 is 45.8 Å². The SMILES string of the molecule is CC(C)(C)ONC(=O)c1cc(Cl)cc(Cl)c1I. The quantitative estimate of drug-likeness (QED) is 0.472. The molecular formula is C11H12Cl2INO2. The maximum Gasteiger partial charge on any atom is 0.276 e. The molecule has 0 aliphatic heterocycles. The second-order valence-corrected chi connectivity index (χ2v) is 6.32. The molecule has 3 nitrogen and oxygen atoms in total. The minimum Gasteiger partial charge on any atom is -0.268 e. The normalized spacial score (nSPS) is 11.4. The van der Waals surface area contributed by atoms with Crippen molar-refractivity contribution in [1.82, 2.24) is 5.48 Å². The summed E-state index contributed by atoms with van der Waals surface area (Å²) in [4.78, 5) is 17.0. The number of halogens is 3. The molecule has 1 rings (SSSR count). The highest BCUT2D eigenvalue weighted by atomic mass is 127. The number of amides is 1. The van der Waals surface area contributed by atoms with Gasteiger partial charge in [-0.15, -0.1) is 0 Å². The molecule has 17 heavy (non-hydrogen) atoms. The third kappa shape index (κ3) is 4.62. The Bertz CT molecular complexity index is 444. The summed E-state index contributed by atoms with van der Waals surface area (Å²) in [5.74, 6) is -0.367. The van der Waals surface area contributed by atoms with Gasteiger partial charge in [-0.05, 0) is 55.5 Å². The van der Waals surface area contributed by atoms with Gasteiger partial charge in [0.05, 0.1) is 16.2 Å². The number of hydrogen-bond donors (Lipinski definition) is 1. The Hall–Kier alpha value is -0.0400. The third-order valence-corrected chi connectivity index (χ3v) is 3.68. The van der Waals surface area contributed by atoms with Crippen LogP contribution in [0.25, 0.3) is 0 Å². The molecule has 0 saturated heterocycles. The summed E-state index contributed by atoms with van der Waals surface area (Å²) in [6.45, 7) is 5.51. The molecule has 0 heterocycles. The van der Waals surface area contributed by atoms with Gasteiger partial charge in [-0.2, -0.15) is 0 Å². The summed E-state index contributed by atoms with van der Waals surface area (Å²) in [6, 6.07) is 3.14. The molecule has 0 aliphatic rings. The highest BCUT2D eigenvalue weighted by Gasteiger charge is 2.17. The number of carbonyl (C=O) groups excluding carboxylic acids is 1. The molecule has 0 unspecified atom stereocenters. The number of hydrogen-bond acceptors (Lipinski definition) is 2. The first-order chi connectivity index (χ1) is 7.70. The van der Waals surface area contributed by atoms with Crippen LogP contribution < -0.4 is 5.48 Å². The molecule has 0 saturated carbocycles. The number of rotatable bonds is 2. The summed E-state index contributed by atoms with van der Waals surface area (Å²) >= 11 is 13.8. The molecule has 1 N–H and O–H groups in total. The highest BCUT2D eigenvalue weighted by molar-refractivity contribution is 14.1. The van der Waals surface area contributed by atoms with Crippen molar-refractivity contribution in [2.75, 3.05) is 0 Å². The molecule has 6 heteroatoms. The Labute approximate surface area is 124 Å². The Morgan fingerprint density at radius 3 is 2.47 bits per heavy atom. The zero-order valence-corrected chi connectivity index (χ0v) is 13.3. The van der Waals surface area contributed by atoms with E-state index in [2.05, 4.69) is 5.48 Å². The fourth-order valence-electron chi connectivity index (χ4n) is 0.976. The minimum absolute atomic E-state index is 0.367.